The molecule has 0 aliphatic rings. The first kappa shape index (κ1) is 12.8. The lowest BCUT2D eigenvalue weighted by Crippen LogP contribution is -2.15. The Morgan fingerprint density at radius 2 is 1.22 bits per heavy atom. The van der Waals surface area contributed by atoms with Gasteiger partial charge in [-0.2, -0.15) is 4.62 Å². The van der Waals surface area contributed by atoms with E-state index in [0.29, 0.717) is 11.4 Å². The number of hydrogen-bond donors (Lipinski definition) is 2. The van der Waals surface area contributed by atoms with Crippen molar-refractivity contribution in [3.63, 3.8) is 0 Å². The van der Waals surface area contributed by atoms with E-state index in [0.717, 1.165) is 5.06 Å². The zero-order valence-corrected chi connectivity index (χ0v) is 10.3. The lowest BCUT2D eigenvalue weighted by molar-refractivity contribution is 0.199. The molecule has 0 heterocycles. The molecule has 0 spiro atoms. The average molecular weight is 265 g/mol. The quantitative estimate of drug-likeness (QED) is 0.657. The van der Waals surface area contributed by atoms with E-state index in [-0.39, 0.29) is 0 Å². The number of anilines is 2. The molecule has 0 unspecified atom stereocenters. The molecule has 5 nitrogen and oxygen atoms in total. The molecule has 2 N–H and O–H groups in total. The Morgan fingerprint density at radius 1 is 0.833 bits per heavy atom. The number of rotatable bonds is 4. The fourth-order valence-electron chi connectivity index (χ4n) is 1.48. The van der Waals surface area contributed by atoms with Crippen molar-refractivity contribution in [2.75, 3.05) is 5.06 Å². The normalized spacial score (nSPS) is 11.2. The molecule has 0 saturated heterocycles. The van der Waals surface area contributed by atoms with E-state index in [2.05, 4.69) is 0 Å². The lowest BCUT2D eigenvalue weighted by atomic mass is 10.2. The van der Waals surface area contributed by atoms with E-state index in [1.54, 1.807) is 48.5 Å². The molecule has 0 aromatic heterocycles. The van der Waals surface area contributed by atoms with Crippen LogP contribution in [0.15, 0.2) is 60.7 Å². The van der Waals surface area contributed by atoms with Gasteiger partial charge in [-0.3, -0.25) is 0 Å². The van der Waals surface area contributed by atoms with Crippen LogP contribution in [0.25, 0.3) is 0 Å². The minimum Gasteiger partial charge on any atom is -0.301 e. The van der Waals surface area contributed by atoms with Gasteiger partial charge in [0.25, 0.3) is 0 Å². The van der Waals surface area contributed by atoms with Crippen LogP contribution in [0.3, 0.4) is 0 Å². The molecule has 6 heteroatoms. The van der Waals surface area contributed by atoms with Gasteiger partial charge < -0.3 is 9.79 Å². The van der Waals surface area contributed by atoms with Crippen LogP contribution in [0, 0.1) is 0 Å². The van der Waals surface area contributed by atoms with E-state index in [1.165, 1.54) is 0 Å². The van der Waals surface area contributed by atoms with Crippen molar-refractivity contribution in [2.24, 2.45) is 0 Å². The standard InChI is InChI=1S/C12H12NO4P/c14-18(15,16)17-13(11-7-3-1-4-8-11)12-9-5-2-6-10-12/h1-10H,(H2,14,15,16). The van der Waals surface area contributed by atoms with Gasteiger partial charge in [-0.25, -0.2) is 9.63 Å². The van der Waals surface area contributed by atoms with Gasteiger partial charge in [0.1, 0.15) is 0 Å². The minimum absolute atomic E-state index is 0.534. The van der Waals surface area contributed by atoms with E-state index in [4.69, 9.17) is 14.4 Å². The Balaban J connectivity index is 2.39. The molecule has 94 valence electrons. The summed E-state index contributed by atoms with van der Waals surface area (Å²) in [6, 6.07) is 17.4. The molecule has 0 fully saturated rings. The molecule has 0 aliphatic heterocycles. The van der Waals surface area contributed by atoms with Crippen molar-refractivity contribution in [3.8, 4) is 0 Å². The average Bonchev–Trinajstić information content (AvgIpc) is 2.37. The van der Waals surface area contributed by atoms with Crippen LogP contribution in [-0.2, 0) is 9.19 Å². The maximum atomic E-state index is 11.0. The topological polar surface area (TPSA) is 70.0 Å². The molecular formula is C12H12NO4P. The maximum absolute atomic E-state index is 11.0. The summed E-state index contributed by atoms with van der Waals surface area (Å²) in [6.45, 7) is 0. The van der Waals surface area contributed by atoms with E-state index < -0.39 is 7.82 Å². The first-order chi connectivity index (χ1) is 8.56. The first-order valence-electron chi connectivity index (χ1n) is 5.22. The molecule has 2 aromatic carbocycles. The van der Waals surface area contributed by atoms with Crippen LogP contribution in [0.1, 0.15) is 0 Å². The van der Waals surface area contributed by atoms with Gasteiger partial charge in [-0.15, -0.1) is 0 Å². The van der Waals surface area contributed by atoms with Crippen molar-refractivity contribution < 1.29 is 19.0 Å². The minimum atomic E-state index is -4.63. The Hall–Kier alpha value is -1.65. The summed E-state index contributed by atoms with van der Waals surface area (Å²) in [6.07, 6.45) is 0. The van der Waals surface area contributed by atoms with Crippen LogP contribution in [0.2, 0.25) is 0 Å². The van der Waals surface area contributed by atoms with Crippen molar-refractivity contribution in [3.05, 3.63) is 60.7 Å². The summed E-state index contributed by atoms with van der Waals surface area (Å²) < 4.78 is 15.7. The monoisotopic (exact) mass is 265 g/mol. The Labute approximate surface area is 104 Å². The summed E-state index contributed by atoms with van der Waals surface area (Å²) in [5.41, 5.74) is 1.07. The molecule has 2 aromatic rings. The van der Waals surface area contributed by atoms with Gasteiger partial charge in [-0.1, -0.05) is 36.4 Å². The van der Waals surface area contributed by atoms with Gasteiger partial charge >= 0.3 is 7.82 Å². The third-order valence-electron chi connectivity index (χ3n) is 2.17. The van der Waals surface area contributed by atoms with Gasteiger partial charge in [0, 0.05) is 0 Å². The second-order valence-electron chi connectivity index (χ2n) is 3.54. The van der Waals surface area contributed by atoms with E-state index in [1.807, 2.05) is 12.1 Å². The van der Waals surface area contributed by atoms with Crippen molar-refractivity contribution >= 4 is 19.2 Å². The zero-order chi connectivity index (χ0) is 13.0. The lowest BCUT2D eigenvalue weighted by Gasteiger charge is -2.23. The third-order valence-corrected chi connectivity index (χ3v) is 2.55. The number of nitrogens with zero attached hydrogens (tertiary/aromatic N) is 1. The maximum Gasteiger partial charge on any atom is 0.491 e. The highest BCUT2D eigenvalue weighted by atomic mass is 31.2. The molecular weight excluding hydrogens is 253 g/mol. The van der Waals surface area contributed by atoms with E-state index in [9.17, 15) is 4.57 Å². The van der Waals surface area contributed by atoms with Crippen LogP contribution in [-0.4, -0.2) is 9.79 Å². The predicted octanol–water partition coefficient (Wildman–Crippen LogP) is 2.85. The Kier molecular flexibility index (Phi) is 3.79. The van der Waals surface area contributed by atoms with Gasteiger partial charge in [0.05, 0.1) is 11.4 Å². The largest absolute Gasteiger partial charge is 0.491 e. The predicted molar refractivity (Wildman–Crippen MR) is 68.2 cm³/mol. The second kappa shape index (κ2) is 5.33. The Morgan fingerprint density at radius 3 is 1.56 bits per heavy atom. The summed E-state index contributed by atoms with van der Waals surface area (Å²) >= 11 is 0. The molecule has 0 aliphatic carbocycles. The zero-order valence-electron chi connectivity index (χ0n) is 9.38. The molecule has 0 amide bonds. The summed E-state index contributed by atoms with van der Waals surface area (Å²) in [7, 11) is -4.63. The van der Waals surface area contributed by atoms with Gasteiger partial charge in [0.15, 0.2) is 0 Å². The fourth-order valence-corrected chi connectivity index (χ4v) is 1.88. The third kappa shape index (κ3) is 3.42. The molecule has 2 rings (SSSR count). The highest BCUT2D eigenvalue weighted by molar-refractivity contribution is 7.46. The smallest absolute Gasteiger partial charge is 0.301 e. The molecule has 0 atom stereocenters. The first-order valence-corrected chi connectivity index (χ1v) is 6.75. The van der Waals surface area contributed by atoms with Crippen LogP contribution < -0.4 is 5.06 Å². The number of hydrogen-bond acceptors (Lipinski definition) is 3. The van der Waals surface area contributed by atoms with Crippen molar-refractivity contribution in [2.45, 2.75) is 0 Å². The number of phosphoric acid groups is 1. The molecule has 0 bridgehead atoms. The number of para-hydroxylation sites is 2. The summed E-state index contributed by atoms with van der Waals surface area (Å²) in [4.78, 5) is 17.9. The number of benzene rings is 2. The highest BCUT2D eigenvalue weighted by Crippen LogP contribution is 2.41. The van der Waals surface area contributed by atoms with Gasteiger partial charge in [0.2, 0.25) is 0 Å². The summed E-state index contributed by atoms with van der Waals surface area (Å²) in [5, 5.41) is 1.11. The molecule has 18 heavy (non-hydrogen) atoms. The fraction of sp³-hybridized carbons (Fsp3) is 0. The highest BCUT2D eigenvalue weighted by Gasteiger charge is 2.22. The SMILES string of the molecule is O=P(O)(O)ON(c1ccccc1)c1ccccc1. The molecule has 0 radical (unpaired) electrons. The van der Waals surface area contributed by atoms with Crippen LogP contribution >= 0.6 is 7.82 Å². The molecule has 0 saturated carbocycles. The van der Waals surface area contributed by atoms with Crippen molar-refractivity contribution in [1.82, 2.24) is 0 Å². The van der Waals surface area contributed by atoms with Crippen molar-refractivity contribution in [1.29, 1.82) is 0 Å². The van der Waals surface area contributed by atoms with Crippen LogP contribution in [0.4, 0.5) is 11.4 Å². The summed E-state index contributed by atoms with van der Waals surface area (Å²) in [5.74, 6) is 0. The second-order valence-corrected chi connectivity index (χ2v) is 4.68. The Bertz CT molecular complexity index is 501. The van der Waals surface area contributed by atoms with Crippen LogP contribution in [0.5, 0.6) is 0 Å². The van der Waals surface area contributed by atoms with Gasteiger partial charge in [-0.05, 0) is 24.3 Å². The van der Waals surface area contributed by atoms with E-state index >= 15 is 0 Å².